The van der Waals surface area contributed by atoms with Gasteiger partial charge in [0.15, 0.2) is 5.13 Å². The second-order valence-corrected chi connectivity index (χ2v) is 5.39. The van der Waals surface area contributed by atoms with Gasteiger partial charge in [0.25, 0.3) is 5.91 Å². The predicted molar refractivity (Wildman–Crippen MR) is 72.3 cm³/mol. The number of thiazole rings is 1. The maximum atomic E-state index is 12.0. The van der Waals surface area contributed by atoms with E-state index < -0.39 is 0 Å². The molecule has 0 bridgehead atoms. The number of rotatable bonds is 4. The van der Waals surface area contributed by atoms with Crippen LogP contribution in [-0.2, 0) is 9.53 Å². The molecule has 0 spiro atoms. The van der Waals surface area contributed by atoms with Crippen LogP contribution >= 0.6 is 11.3 Å². The normalized spacial score (nSPS) is 20.0. The maximum Gasteiger partial charge on any atom is 0.271 e. The number of carbonyl (C=O) groups excluding carboxylic acids is 2. The third-order valence-electron chi connectivity index (χ3n) is 2.90. The highest BCUT2D eigenvalue weighted by atomic mass is 32.1. The lowest BCUT2D eigenvalue weighted by molar-refractivity contribution is -0.114. The second kappa shape index (κ2) is 6.12. The summed E-state index contributed by atoms with van der Waals surface area (Å²) in [6, 6.07) is -0.0408. The molecule has 2 heterocycles. The highest BCUT2D eigenvalue weighted by molar-refractivity contribution is 7.14. The summed E-state index contributed by atoms with van der Waals surface area (Å²) in [6.45, 7) is 4.09. The van der Waals surface area contributed by atoms with Crippen molar-refractivity contribution in [1.82, 2.24) is 10.3 Å². The molecule has 0 unspecified atom stereocenters. The van der Waals surface area contributed by atoms with Crippen LogP contribution in [0.25, 0.3) is 0 Å². The molecular formula is C12H17N3O3S. The van der Waals surface area contributed by atoms with E-state index in [4.69, 9.17) is 4.74 Å². The first-order chi connectivity index (χ1) is 9.06. The number of carbonyl (C=O) groups is 2. The number of hydrogen-bond acceptors (Lipinski definition) is 5. The van der Waals surface area contributed by atoms with E-state index in [1.165, 1.54) is 18.3 Å². The molecule has 6 nitrogen and oxygen atoms in total. The van der Waals surface area contributed by atoms with Gasteiger partial charge in [-0.25, -0.2) is 4.98 Å². The summed E-state index contributed by atoms with van der Waals surface area (Å²) in [7, 11) is 0. The second-order valence-electron chi connectivity index (χ2n) is 4.53. The largest absolute Gasteiger partial charge is 0.376 e. The number of anilines is 1. The van der Waals surface area contributed by atoms with E-state index in [1.54, 1.807) is 5.38 Å². The van der Waals surface area contributed by atoms with Crippen LogP contribution in [0.3, 0.4) is 0 Å². The summed E-state index contributed by atoms with van der Waals surface area (Å²) in [4.78, 5) is 26.9. The van der Waals surface area contributed by atoms with Crippen molar-refractivity contribution in [2.45, 2.75) is 38.8 Å². The Hall–Kier alpha value is -1.47. The predicted octanol–water partition coefficient (Wildman–Crippen LogP) is 1.40. The molecule has 7 heteroatoms. The summed E-state index contributed by atoms with van der Waals surface area (Å²) >= 11 is 1.23. The van der Waals surface area contributed by atoms with E-state index in [1.807, 2.05) is 6.92 Å². The van der Waals surface area contributed by atoms with E-state index in [0.29, 0.717) is 10.8 Å². The molecule has 2 rings (SSSR count). The SMILES string of the molecule is CC(=O)Nc1nc(C(=O)N[C@@H](C)[C@H]2CCCO2)cs1. The Kier molecular flexibility index (Phi) is 4.49. The van der Waals surface area contributed by atoms with Crippen molar-refractivity contribution in [3.63, 3.8) is 0 Å². The van der Waals surface area contributed by atoms with Crippen molar-refractivity contribution in [2.75, 3.05) is 11.9 Å². The van der Waals surface area contributed by atoms with Gasteiger partial charge in [-0.2, -0.15) is 0 Å². The lowest BCUT2D eigenvalue weighted by Crippen LogP contribution is -2.40. The van der Waals surface area contributed by atoms with Crippen LogP contribution in [0.2, 0.25) is 0 Å². The van der Waals surface area contributed by atoms with Crippen molar-refractivity contribution in [1.29, 1.82) is 0 Å². The highest BCUT2D eigenvalue weighted by Gasteiger charge is 2.24. The molecule has 1 saturated heterocycles. The molecular weight excluding hydrogens is 266 g/mol. The quantitative estimate of drug-likeness (QED) is 0.875. The standard InChI is InChI=1S/C12H17N3O3S/c1-7(10-4-3-5-18-10)13-11(17)9-6-19-12(15-9)14-8(2)16/h6-7,10H,3-5H2,1-2H3,(H,13,17)(H,14,15,16)/t7-,10+/m0/s1. The molecule has 0 radical (unpaired) electrons. The third-order valence-corrected chi connectivity index (χ3v) is 3.66. The van der Waals surface area contributed by atoms with Crippen LogP contribution in [0.4, 0.5) is 5.13 Å². The molecule has 2 N–H and O–H groups in total. The summed E-state index contributed by atoms with van der Waals surface area (Å²) in [5.41, 5.74) is 0.318. The van der Waals surface area contributed by atoms with E-state index >= 15 is 0 Å². The Morgan fingerprint density at radius 2 is 2.37 bits per heavy atom. The Morgan fingerprint density at radius 1 is 1.58 bits per heavy atom. The topological polar surface area (TPSA) is 80.3 Å². The zero-order chi connectivity index (χ0) is 13.8. The molecule has 1 fully saturated rings. The number of ether oxygens (including phenoxy) is 1. The Bertz CT molecular complexity index is 469. The van der Waals surface area contributed by atoms with Crippen LogP contribution in [0, 0.1) is 0 Å². The lowest BCUT2D eigenvalue weighted by atomic mass is 10.1. The number of amides is 2. The average Bonchev–Trinajstić information content (AvgIpc) is 2.97. The fourth-order valence-corrected chi connectivity index (χ4v) is 2.69. The number of nitrogens with one attached hydrogen (secondary N) is 2. The zero-order valence-corrected chi connectivity index (χ0v) is 11.8. The third kappa shape index (κ3) is 3.74. The van der Waals surface area contributed by atoms with Gasteiger partial charge < -0.3 is 15.4 Å². The van der Waals surface area contributed by atoms with Gasteiger partial charge in [0, 0.05) is 18.9 Å². The molecule has 2 amide bonds. The molecule has 0 aromatic carbocycles. The van der Waals surface area contributed by atoms with Gasteiger partial charge in [-0.3, -0.25) is 9.59 Å². The fraction of sp³-hybridized carbons (Fsp3) is 0.583. The summed E-state index contributed by atoms with van der Waals surface area (Å²) in [5.74, 6) is -0.440. The Balaban J connectivity index is 1.91. The number of nitrogens with zero attached hydrogens (tertiary/aromatic N) is 1. The van der Waals surface area contributed by atoms with Crippen LogP contribution in [0.1, 0.15) is 37.2 Å². The minimum atomic E-state index is -0.240. The molecule has 19 heavy (non-hydrogen) atoms. The summed E-state index contributed by atoms with van der Waals surface area (Å²) in [6.07, 6.45) is 2.08. The van der Waals surface area contributed by atoms with Gasteiger partial charge in [-0.1, -0.05) is 0 Å². The van der Waals surface area contributed by atoms with Crippen LogP contribution < -0.4 is 10.6 Å². The van der Waals surface area contributed by atoms with Crippen molar-refractivity contribution in [3.8, 4) is 0 Å². The first-order valence-corrected chi connectivity index (χ1v) is 7.10. The number of hydrogen-bond donors (Lipinski definition) is 2. The van der Waals surface area contributed by atoms with E-state index in [0.717, 1.165) is 19.4 Å². The van der Waals surface area contributed by atoms with Gasteiger partial charge in [0.2, 0.25) is 5.91 Å². The van der Waals surface area contributed by atoms with Gasteiger partial charge in [0.1, 0.15) is 5.69 Å². The molecule has 104 valence electrons. The van der Waals surface area contributed by atoms with Crippen LogP contribution in [0.15, 0.2) is 5.38 Å². The minimum Gasteiger partial charge on any atom is -0.376 e. The summed E-state index contributed by atoms with van der Waals surface area (Å²) < 4.78 is 5.52. The zero-order valence-electron chi connectivity index (χ0n) is 10.9. The van der Waals surface area contributed by atoms with Crippen LogP contribution in [-0.4, -0.2) is 35.6 Å². The molecule has 0 aliphatic carbocycles. The van der Waals surface area contributed by atoms with E-state index in [2.05, 4.69) is 15.6 Å². The van der Waals surface area contributed by atoms with Crippen LogP contribution in [0.5, 0.6) is 0 Å². The van der Waals surface area contributed by atoms with E-state index in [9.17, 15) is 9.59 Å². The van der Waals surface area contributed by atoms with Gasteiger partial charge in [0.05, 0.1) is 12.1 Å². The molecule has 1 aliphatic heterocycles. The molecule has 1 aromatic heterocycles. The average molecular weight is 283 g/mol. The highest BCUT2D eigenvalue weighted by Crippen LogP contribution is 2.17. The van der Waals surface area contributed by atoms with E-state index in [-0.39, 0.29) is 24.0 Å². The lowest BCUT2D eigenvalue weighted by Gasteiger charge is -2.19. The first-order valence-electron chi connectivity index (χ1n) is 6.22. The van der Waals surface area contributed by atoms with Crippen molar-refractivity contribution in [3.05, 3.63) is 11.1 Å². The van der Waals surface area contributed by atoms with Gasteiger partial charge in [-0.05, 0) is 19.8 Å². The van der Waals surface area contributed by atoms with Crippen molar-refractivity contribution >= 4 is 28.3 Å². The smallest absolute Gasteiger partial charge is 0.271 e. The minimum absolute atomic E-state index is 0.0408. The molecule has 1 aromatic rings. The Morgan fingerprint density at radius 3 is 3.00 bits per heavy atom. The Labute approximate surface area is 115 Å². The molecule has 2 atom stereocenters. The van der Waals surface area contributed by atoms with Gasteiger partial charge in [-0.15, -0.1) is 11.3 Å². The number of aromatic nitrogens is 1. The maximum absolute atomic E-state index is 12.0. The van der Waals surface area contributed by atoms with Crippen molar-refractivity contribution < 1.29 is 14.3 Å². The first kappa shape index (κ1) is 14.0. The monoisotopic (exact) mass is 283 g/mol. The summed E-state index contributed by atoms with van der Waals surface area (Å²) in [5, 5.41) is 7.49. The van der Waals surface area contributed by atoms with Gasteiger partial charge >= 0.3 is 0 Å². The molecule has 1 aliphatic rings. The molecule has 0 saturated carbocycles. The fourth-order valence-electron chi connectivity index (χ4n) is 1.96. The van der Waals surface area contributed by atoms with Crippen molar-refractivity contribution in [2.24, 2.45) is 0 Å².